The maximum atomic E-state index is 12.8. The zero-order valence-electron chi connectivity index (χ0n) is 30.5. The molecule has 0 heterocycles. The van der Waals surface area contributed by atoms with E-state index in [0.717, 1.165) is 31.4 Å². The van der Waals surface area contributed by atoms with Gasteiger partial charge in [-0.2, -0.15) is 0 Å². The minimum absolute atomic E-state index is 0. The molecule has 2 aromatic rings. The maximum absolute atomic E-state index is 12.8. The fourth-order valence-electron chi connectivity index (χ4n) is 5.25. The number of aliphatic hydroxyl groups excluding tert-OH is 2. The van der Waals surface area contributed by atoms with E-state index in [-0.39, 0.29) is 45.8 Å². The molecule has 297 valence electrons. The Hall–Kier alpha value is -3.07. The predicted octanol–water partition coefficient (Wildman–Crippen LogP) is 3.67. The van der Waals surface area contributed by atoms with Gasteiger partial charge >= 0.3 is 42.3 Å². The molecule has 0 aliphatic heterocycles. The largest absolute Gasteiger partial charge is 1.00 e. The number of hydrogen-bond donors (Lipinski definition) is 4. The van der Waals surface area contributed by atoms with Crippen LogP contribution < -0.4 is 49.7 Å². The van der Waals surface area contributed by atoms with Crippen molar-refractivity contribution in [3.05, 3.63) is 59.7 Å². The topological polar surface area (TPSA) is 134 Å². The van der Waals surface area contributed by atoms with Gasteiger partial charge in [0.2, 0.25) is 23.7 Å². The van der Waals surface area contributed by atoms with Crippen LogP contribution >= 0.6 is 0 Å². The first-order chi connectivity index (χ1) is 23.9. The first-order valence-electron chi connectivity index (χ1n) is 15.6. The van der Waals surface area contributed by atoms with Crippen molar-refractivity contribution in [3.63, 3.8) is 0 Å². The summed E-state index contributed by atoms with van der Waals surface area (Å²) < 4.78 is 132. The Morgan fingerprint density at radius 2 is 1.17 bits per heavy atom. The van der Waals surface area contributed by atoms with Crippen molar-refractivity contribution in [1.29, 1.82) is 0 Å². The summed E-state index contributed by atoms with van der Waals surface area (Å²) in [5.74, 6) is -9.73. The second-order valence-corrected chi connectivity index (χ2v) is 12.2. The molecule has 3 atom stereocenters. The van der Waals surface area contributed by atoms with Crippen molar-refractivity contribution in [2.45, 2.75) is 95.1 Å². The molecule has 2 aliphatic rings. The SMILES string of the molecule is CO.C[C@H](NC(=O)CC(=O)C1CC(F)(F)C1)c1cccc(OC(F)(F)F)c1.C[C@H](NC(=O)CC(O)C1CC(F)(F)C1)c1cccc(OC(F)(F)F)c1.[B].[H-].[Na+]. The number of hydrogen-bond acceptors (Lipinski definition) is 7. The third-order valence-electron chi connectivity index (χ3n) is 7.88. The number of carbonyl (C=O) groups excluding carboxylic acids is 3. The van der Waals surface area contributed by atoms with Crippen LogP contribution in [0.2, 0.25) is 0 Å². The molecule has 2 fully saturated rings. The van der Waals surface area contributed by atoms with Gasteiger partial charge in [0.25, 0.3) is 0 Å². The zero-order valence-corrected chi connectivity index (χ0v) is 31.5. The van der Waals surface area contributed by atoms with E-state index in [2.05, 4.69) is 20.1 Å². The number of rotatable bonds is 12. The molecular formula is C33H39BF10N2NaO7. The van der Waals surface area contributed by atoms with Gasteiger partial charge in [-0.05, 0) is 55.2 Å². The molecule has 2 amide bonds. The van der Waals surface area contributed by atoms with Gasteiger partial charge in [0.05, 0.1) is 31.0 Å². The van der Waals surface area contributed by atoms with Gasteiger partial charge in [-0.3, -0.25) is 14.4 Å². The number of ether oxygens (including phenoxy) is 2. The number of carbonyl (C=O) groups is 3. The minimum atomic E-state index is -4.83. The number of Topliss-reactive ketones (excluding diaryl/α,β-unsaturated/α-hetero) is 1. The van der Waals surface area contributed by atoms with Crippen LogP contribution in [-0.4, -0.2) is 74.0 Å². The first-order valence-corrected chi connectivity index (χ1v) is 15.6. The molecule has 4 rings (SSSR count). The molecule has 2 aliphatic carbocycles. The Morgan fingerprint density at radius 1 is 0.778 bits per heavy atom. The predicted molar refractivity (Wildman–Crippen MR) is 170 cm³/mol. The van der Waals surface area contributed by atoms with E-state index in [4.69, 9.17) is 5.11 Å². The molecule has 21 heteroatoms. The average Bonchev–Trinajstić information content (AvgIpc) is 2.98. The molecule has 54 heavy (non-hydrogen) atoms. The summed E-state index contributed by atoms with van der Waals surface area (Å²) in [4.78, 5) is 35.4. The van der Waals surface area contributed by atoms with Gasteiger partial charge in [-0.1, -0.05) is 24.3 Å². The number of benzene rings is 2. The summed E-state index contributed by atoms with van der Waals surface area (Å²) in [6, 6.07) is 8.87. The second kappa shape index (κ2) is 21.3. The van der Waals surface area contributed by atoms with Gasteiger partial charge in [0, 0.05) is 47.1 Å². The van der Waals surface area contributed by atoms with E-state index >= 15 is 0 Å². The maximum Gasteiger partial charge on any atom is 1.00 e. The van der Waals surface area contributed by atoms with Crippen molar-refractivity contribution >= 4 is 26.0 Å². The monoisotopic (exact) mass is 799 g/mol. The normalized spacial score (nSPS) is 17.6. The first kappa shape index (κ1) is 50.9. The number of amides is 2. The Kier molecular flexibility index (Phi) is 20.1. The van der Waals surface area contributed by atoms with Crippen molar-refractivity contribution in [2.24, 2.45) is 11.8 Å². The molecule has 0 bridgehead atoms. The number of ketones is 1. The zero-order chi connectivity index (χ0) is 39.7. The van der Waals surface area contributed by atoms with E-state index in [1.54, 1.807) is 6.92 Å². The molecular weight excluding hydrogens is 760 g/mol. The molecule has 3 radical (unpaired) electrons. The van der Waals surface area contributed by atoms with Crippen LogP contribution in [0.4, 0.5) is 43.9 Å². The molecule has 0 aromatic heterocycles. The van der Waals surface area contributed by atoms with E-state index in [0.29, 0.717) is 11.1 Å². The number of alkyl halides is 10. The smallest absolute Gasteiger partial charge is 1.00 e. The summed E-state index contributed by atoms with van der Waals surface area (Å²) >= 11 is 0. The Balaban J connectivity index is 0. The number of nitrogens with one attached hydrogen (secondary N) is 2. The fraction of sp³-hybridized carbons (Fsp3) is 0.545. The van der Waals surface area contributed by atoms with Gasteiger partial charge in [0.1, 0.15) is 17.3 Å². The third-order valence-corrected chi connectivity index (χ3v) is 7.88. The van der Waals surface area contributed by atoms with Gasteiger partial charge in [-0.25, -0.2) is 17.6 Å². The Bertz CT molecular complexity index is 1510. The summed E-state index contributed by atoms with van der Waals surface area (Å²) in [5, 5.41) is 21.8. The second-order valence-electron chi connectivity index (χ2n) is 12.2. The molecule has 0 saturated heterocycles. The van der Waals surface area contributed by atoms with E-state index in [1.165, 1.54) is 31.2 Å². The molecule has 4 N–H and O–H groups in total. The van der Waals surface area contributed by atoms with E-state index < -0.39 is 116 Å². The van der Waals surface area contributed by atoms with Gasteiger partial charge in [-0.15, -0.1) is 26.3 Å². The molecule has 1 unspecified atom stereocenters. The summed E-state index contributed by atoms with van der Waals surface area (Å²) in [5.41, 5.74) is 0.720. The average molecular weight is 799 g/mol. The fourth-order valence-corrected chi connectivity index (χ4v) is 5.25. The van der Waals surface area contributed by atoms with Crippen molar-refractivity contribution < 1.29 is 109 Å². The van der Waals surface area contributed by atoms with Crippen LogP contribution in [0.3, 0.4) is 0 Å². The standard InChI is InChI=1S/C16H18F5NO3.C16H16F5NO3.CH4O.B.Na.H/c2*1-9(10-3-2-4-12(5-10)25-16(19,20)21)22-14(24)6-13(23)11-7-15(17,18)8-11;1-2;;;/h2-5,9,11,13,23H,6-8H2,1H3,(H,22,24);2-5,9,11H,6-8H2,1H3,(H,22,24);2H,1H3;;;/q;;;;+1;-1/t9-,13?;9-;;;;/m00..../s1. The van der Waals surface area contributed by atoms with Crippen molar-refractivity contribution in [2.75, 3.05) is 7.11 Å². The van der Waals surface area contributed by atoms with Gasteiger partial charge in [0.15, 0.2) is 0 Å². The van der Waals surface area contributed by atoms with Gasteiger partial charge < -0.3 is 31.7 Å². The van der Waals surface area contributed by atoms with Crippen molar-refractivity contribution in [3.8, 4) is 11.5 Å². The van der Waals surface area contributed by atoms with Crippen LogP contribution in [-0.2, 0) is 14.4 Å². The van der Waals surface area contributed by atoms with Crippen LogP contribution in [0.1, 0.15) is 77.0 Å². The Morgan fingerprint density at radius 3 is 1.54 bits per heavy atom. The summed E-state index contributed by atoms with van der Waals surface area (Å²) in [6.45, 7) is 3.07. The van der Waals surface area contributed by atoms with Crippen LogP contribution in [0.15, 0.2) is 48.5 Å². The van der Waals surface area contributed by atoms with Crippen LogP contribution in [0.25, 0.3) is 0 Å². The Labute approximate surface area is 329 Å². The van der Waals surface area contributed by atoms with E-state index in [9.17, 15) is 63.4 Å². The third kappa shape index (κ3) is 18.0. The number of aliphatic hydroxyl groups is 2. The number of halogens is 10. The minimum Gasteiger partial charge on any atom is -1.00 e. The molecule has 2 aromatic carbocycles. The van der Waals surface area contributed by atoms with Crippen LogP contribution in [0.5, 0.6) is 11.5 Å². The summed E-state index contributed by atoms with van der Waals surface area (Å²) in [7, 11) is 1.00. The van der Waals surface area contributed by atoms with Crippen molar-refractivity contribution in [1.82, 2.24) is 10.6 Å². The molecule has 2 saturated carbocycles. The molecule has 0 spiro atoms. The summed E-state index contributed by atoms with van der Waals surface area (Å²) in [6.07, 6.45) is -13.7. The van der Waals surface area contributed by atoms with Crippen LogP contribution in [0, 0.1) is 11.8 Å². The van der Waals surface area contributed by atoms with E-state index in [1.807, 2.05) is 0 Å². The molecule has 9 nitrogen and oxygen atoms in total. The quantitative estimate of drug-likeness (QED) is 0.146.